The van der Waals surface area contributed by atoms with Crippen LogP contribution in [0.25, 0.3) is 0 Å². The smallest absolute Gasteiger partial charge is 0.222 e. The van der Waals surface area contributed by atoms with Crippen molar-refractivity contribution in [1.82, 2.24) is 4.90 Å². The molecule has 15 heavy (non-hydrogen) atoms. The van der Waals surface area contributed by atoms with E-state index >= 15 is 0 Å². The van der Waals surface area contributed by atoms with E-state index in [0.29, 0.717) is 11.7 Å². The van der Waals surface area contributed by atoms with Crippen molar-refractivity contribution in [2.24, 2.45) is 0 Å². The molecule has 0 N–H and O–H groups in total. The zero-order valence-electron chi connectivity index (χ0n) is 10.2. The predicted octanol–water partition coefficient (Wildman–Crippen LogP) is 1.95. The Hall–Kier alpha value is -0.510. The maximum atomic E-state index is 11.7. The summed E-state index contributed by atoms with van der Waals surface area (Å²) in [5.41, 5.74) is 0. The van der Waals surface area contributed by atoms with Gasteiger partial charge >= 0.3 is 0 Å². The number of carbonyl (C=O) groups excluding carboxylic acids is 2. The van der Waals surface area contributed by atoms with Crippen LogP contribution in [-0.4, -0.2) is 41.2 Å². The Morgan fingerprint density at radius 1 is 1.33 bits per heavy atom. The van der Waals surface area contributed by atoms with E-state index in [9.17, 15) is 9.59 Å². The number of Topliss-reactive ketones (excluding diaryl/α,β-unsaturated/α-hetero) is 1. The van der Waals surface area contributed by atoms with Crippen LogP contribution in [0.2, 0.25) is 0 Å². The number of ketones is 1. The number of carbonyl (C=O) groups is 2. The zero-order valence-corrected chi connectivity index (χ0v) is 11.1. The molecular weight excluding hydrogens is 210 g/mol. The third-order valence-corrected chi connectivity index (χ3v) is 3.77. The third kappa shape index (κ3) is 5.21. The molecule has 2 unspecified atom stereocenters. The summed E-state index contributed by atoms with van der Waals surface area (Å²) in [6, 6.07) is -0.304. The molecule has 0 fully saturated rings. The van der Waals surface area contributed by atoms with Crippen LogP contribution < -0.4 is 0 Å². The Kier molecular flexibility index (Phi) is 6.65. The topological polar surface area (TPSA) is 37.4 Å². The first-order chi connectivity index (χ1) is 6.90. The third-order valence-electron chi connectivity index (χ3n) is 2.73. The fourth-order valence-electron chi connectivity index (χ4n) is 1.11. The molecule has 0 radical (unpaired) electrons. The summed E-state index contributed by atoms with van der Waals surface area (Å²) in [5, 5.41) is 0.495. The van der Waals surface area contributed by atoms with Crippen LogP contribution in [0.4, 0.5) is 0 Å². The highest BCUT2D eigenvalue weighted by atomic mass is 32.2. The Morgan fingerprint density at radius 3 is 2.27 bits per heavy atom. The van der Waals surface area contributed by atoms with Crippen LogP contribution in [0, 0.1) is 0 Å². The van der Waals surface area contributed by atoms with E-state index in [1.165, 1.54) is 11.8 Å². The van der Waals surface area contributed by atoms with Gasteiger partial charge in [-0.3, -0.25) is 9.59 Å². The molecule has 0 aromatic carbocycles. The number of likely N-dealkylation sites (N-methyl/N-ethyl adjacent to an activating group) is 1. The zero-order chi connectivity index (χ0) is 12.0. The SMILES string of the molecule is CSC(C)CCC(=O)N(C)C(C)C(C)=O. The minimum atomic E-state index is -0.304. The fourth-order valence-corrected chi connectivity index (χ4v) is 1.46. The van der Waals surface area contributed by atoms with Gasteiger partial charge in [-0.25, -0.2) is 0 Å². The van der Waals surface area contributed by atoms with Gasteiger partial charge in [0.1, 0.15) is 0 Å². The van der Waals surface area contributed by atoms with Gasteiger partial charge in [-0.1, -0.05) is 6.92 Å². The van der Waals surface area contributed by atoms with Gasteiger partial charge in [0.15, 0.2) is 5.78 Å². The molecule has 0 aromatic heterocycles. The van der Waals surface area contributed by atoms with Gasteiger partial charge in [0, 0.05) is 18.7 Å². The van der Waals surface area contributed by atoms with Gasteiger partial charge in [-0.05, 0) is 26.5 Å². The summed E-state index contributed by atoms with van der Waals surface area (Å²) < 4.78 is 0. The normalized spacial score (nSPS) is 14.5. The number of hydrogen-bond acceptors (Lipinski definition) is 3. The summed E-state index contributed by atoms with van der Waals surface area (Å²) in [5.74, 6) is 0.0855. The number of thioether (sulfide) groups is 1. The van der Waals surface area contributed by atoms with Crippen LogP contribution in [-0.2, 0) is 9.59 Å². The molecule has 0 saturated heterocycles. The summed E-state index contributed by atoms with van der Waals surface area (Å²) in [6.07, 6.45) is 3.43. The lowest BCUT2D eigenvalue weighted by Gasteiger charge is -2.23. The molecule has 4 heteroatoms. The van der Waals surface area contributed by atoms with Crippen LogP contribution in [0.5, 0.6) is 0 Å². The maximum absolute atomic E-state index is 11.7. The van der Waals surface area contributed by atoms with E-state index < -0.39 is 0 Å². The maximum Gasteiger partial charge on any atom is 0.222 e. The Bertz CT molecular complexity index is 231. The number of nitrogens with zero attached hydrogens (tertiary/aromatic N) is 1. The minimum absolute atomic E-state index is 0.0313. The molecule has 0 heterocycles. The van der Waals surface area contributed by atoms with Crippen molar-refractivity contribution in [3.63, 3.8) is 0 Å². The molecule has 0 aliphatic rings. The summed E-state index contributed by atoms with van der Waals surface area (Å²) in [7, 11) is 1.69. The second-order valence-electron chi connectivity index (χ2n) is 3.88. The minimum Gasteiger partial charge on any atom is -0.336 e. The van der Waals surface area contributed by atoms with Crippen LogP contribution in [0.3, 0.4) is 0 Å². The molecule has 0 spiro atoms. The highest BCUT2D eigenvalue weighted by molar-refractivity contribution is 7.99. The van der Waals surface area contributed by atoms with Crippen molar-refractivity contribution in [3.8, 4) is 0 Å². The molecule has 0 rings (SSSR count). The average molecular weight is 231 g/mol. The van der Waals surface area contributed by atoms with E-state index in [2.05, 4.69) is 6.92 Å². The van der Waals surface area contributed by atoms with Gasteiger partial charge in [-0.15, -0.1) is 0 Å². The van der Waals surface area contributed by atoms with E-state index in [1.807, 2.05) is 6.26 Å². The molecule has 0 saturated carbocycles. The van der Waals surface area contributed by atoms with Gasteiger partial charge < -0.3 is 4.90 Å². The number of rotatable bonds is 6. The highest BCUT2D eigenvalue weighted by Crippen LogP contribution is 2.13. The van der Waals surface area contributed by atoms with E-state index in [-0.39, 0.29) is 17.7 Å². The molecule has 0 aromatic rings. The summed E-state index contributed by atoms with van der Waals surface area (Å²) in [4.78, 5) is 24.3. The lowest BCUT2D eigenvalue weighted by molar-refractivity contribution is -0.136. The molecule has 0 bridgehead atoms. The largest absolute Gasteiger partial charge is 0.336 e. The molecule has 1 amide bonds. The summed E-state index contributed by atoms with van der Waals surface area (Å²) in [6.45, 7) is 5.38. The quantitative estimate of drug-likeness (QED) is 0.701. The monoisotopic (exact) mass is 231 g/mol. The molecular formula is C11H21NO2S. The Labute approximate surface area is 96.6 Å². The molecule has 0 aliphatic heterocycles. The van der Waals surface area contributed by atoms with Gasteiger partial charge in [-0.2, -0.15) is 11.8 Å². The first-order valence-electron chi connectivity index (χ1n) is 5.19. The Morgan fingerprint density at radius 2 is 1.87 bits per heavy atom. The van der Waals surface area contributed by atoms with E-state index in [0.717, 1.165) is 6.42 Å². The highest BCUT2D eigenvalue weighted by Gasteiger charge is 2.19. The van der Waals surface area contributed by atoms with Crippen molar-refractivity contribution in [1.29, 1.82) is 0 Å². The fraction of sp³-hybridized carbons (Fsp3) is 0.818. The molecule has 88 valence electrons. The van der Waals surface area contributed by atoms with Crippen molar-refractivity contribution < 1.29 is 9.59 Å². The molecule has 3 nitrogen and oxygen atoms in total. The van der Waals surface area contributed by atoms with Crippen LogP contribution >= 0.6 is 11.8 Å². The first-order valence-corrected chi connectivity index (χ1v) is 6.47. The van der Waals surface area contributed by atoms with Crippen molar-refractivity contribution >= 4 is 23.5 Å². The van der Waals surface area contributed by atoms with Gasteiger partial charge in [0.2, 0.25) is 5.91 Å². The molecule has 2 atom stereocenters. The van der Waals surface area contributed by atoms with Crippen molar-refractivity contribution in [2.75, 3.05) is 13.3 Å². The lowest BCUT2D eigenvalue weighted by Crippen LogP contribution is -2.39. The second-order valence-corrected chi connectivity index (χ2v) is 5.15. The van der Waals surface area contributed by atoms with Crippen molar-refractivity contribution in [3.05, 3.63) is 0 Å². The average Bonchev–Trinajstić information content (AvgIpc) is 2.22. The van der Waals surface area contributed by atoms with Crippen molar-refractivity contribution in [2.45, 2.75) is 44.9 Å². The van der Waals surface area contributed by atoms with E-state index in [4.69, 9.17) is 0 Å². The lowest BCUT2D eigenvalue weighted by atomic mass is 10.1. The van der Waals surface area contributed by atoms with Crippen LogP contribution in [0.1, 0.15) is 33.6 Å². The van der Waals surface area contributed by atoms with Crippen LogP contribution in [0.15, 0.2) is 0 Å². The number of amides is 1. The number of hydrogen-bond donors (Lipinski definition) is 0. The Balaban J connectivity index is 4.05. The first kappa shape index (κ1) is 14.5. The standard InChI is InChI=1S/C11H21NO2S/c1-8(15-5)6-7-11(14)12(4)9(2)10(3)13/h8-9H,6-7H2,1-5H3. The molecule has 0 aliphatic carbocycles. The summed E-state index contributed by atoms with van der Waals surface area (Å²) >= 11 is 1.76. The van der Waals surface area contributed by atoms with E-state index in [1.54, 1.807) is 25.7 Å². The predicted molar refractivity (Wildman–Crippen MR) is 65.1 cm³/mol. The van der Waals surface area contributed by atoms with Gasteiger partial charge in [0.05, 0.1) is 6.04 Å². The second kappa shape index (κ2) is 6.88. The van der Waals surface area contributed by atoms with Gasteiger partial charge in [0.25, 0.3) is 0 Å².